The molecule has 3 rings (SSSR count). The molecule has 0 radical (unpaired) electrons. The Morgan fingerprint density at radius 1 is 1.26 bits per heavy atom. The van der Waals surface area contributed by atoms with Crippen LogP contribution >= 0.6 is 11.3 Å². The van der Waals surface area contributed by atoms with Gasteiger partial charge in [0.1, 0.15) is 4.88 Å². The fourth-order valence-corrected chi connectivity index (χ4v) is 3.99. The van der Waals surface area contributed by atoms with Crippen LogP contribution in [0.15, 0.2) is 30.3 Å². The number of carbonyl (C=O) groups is 3. The van der Waals surface area contributed by atoms with Gasteiger partial charge in [0.05, 0.1) is 17.5 Å². The van der Waals surface area contributed by atoms with E-state index in [4.69, 9.17) is 4.74 Å². The molecule has 1 aliphatic heterocycles. The molecule has 0 bridgehead atoms. The Kier molecular flexibility index (Phi) is 5.60. The number of amides is 2. The van der Waals surface area contributed by atoms with Gasteiger partial charge in [0.15, 0.2) is 0 Å². The number of ether oxygens (including phenoxy) is 1. The molecule has 0 aliphatic carbocycles. The maximum atomic E-state index is 12.6. The molecule has 2 heterocycles. The fraction of sp³-hybridized carbons (Fsp3) is 0.350. The highest BCUT2D eigenvalue weighted by molar-refractivity contribution is 7.18. The van der Waals surface area contributed by atoms with Crippen molar-refractivity contribution in [1.29, 1.82) is 0 Å². The summed E-state index contributed by atoms with van der Waals surface area (Å²) >= 11 is 1.19. The van der Waals surface area contributed by atoms with Gasteiger partial charge in [0.2, 0.25) is 11.8 Å². The molecule has 2 amide bonds. The predicted octanol–water partition coefficient (Wildman–Crippen LogP) is 3.53. The van der Waals surface area contributed by atoms with Crippen molar-refractivity contribution in [2.45, 2.75) is 27.2 Å². The van der Waals surface area contributed by atoms with E-state index >= 15 is 0 Å². The summed E-state index contributed by atoms with van der Waals surface area (Å²) in [5.74, 6) is -1.09. The van der Waals surface area contributed by atoms with E-state index in [1.54, 1.807) is 24.8 Å². The molecular weight excluding hydrogens is 364 g/mol. The second-order valence-electron chi connectivity index (χ2n) is 6.57. The van der Waals surface area contributed by atoms with Crippen molar-refractivity contribution in [2.24, 2.45) is 5.92 Å². The van der Waals surface area contributed by atoms with E-state index in [-0.39, 0.29) is 24.2 Å². The molecule has 1 aliphatic rings. The summed E-state index contributed by atoms with van der Waals surface area (Å²) in [6.45, 7) is 6.19. The van der Waals surface area contributed by atoms with Crippen LogP contribution in [-0.4, -0.2) is 30.9 Å². The Bertz CT molecular complexity index is 873. The number of thiophene rings is 1. The third-order valence-electron chi connectivity index (χ3n) is 4.47. The van der Waals surface area contributed by atoms with Gasteiger partial charge in [0, 0.05) is 18.7 Å². The lowest BCUT2D eigenvalue weighted by atomic mass is 10.1. The second-order valence-corrected chi connectivity index (χ2v) is 7.63. The zero-order valence-electron chi connectivity index (χ0n) is 15.6. The Hall–Kier alpha value is -2.67. The smallest absolute Gasteiger partial charge is 0.348 e. The van der Waals surface area contributed by atoms with Crippen molar-refractivity contribution in [3.8, 4) is 0 Å². The number of carbonyl (C=O) groups excluding carboxylic acids is 3. The molecule has 7 heteroatoms. The molecule has 1 N–H and O–H groups in total. The second kappa shape index (κ2) is 7.92. The van der Waals surface area contributed by atoms with E-state index in [1.165, 1.54) is 11.3 Å². The number of nitrogens with zero attached hydrogens (tertiary/aromatic N) is 1. The number of esters is 1. The quantitative estimate of drug-likeness (QED) is 0.798. The third kappa shape index (κ3) is 4.19. The van der Waals surface area contributed by atoms with Crippen LogP contribution in [0.5, 0.6) is 0 Å². The van der Waals surface area contributed by atoms with E-state index in [2.05, 4.69) is 5.32 Å². The molecule has 142 valence electrons. The summed E-state index contributed by atoms with van der Waals surface area (Å²) in [5, 5.41) is 3.42. The predicted molar refractivity (Wildman–Crippen MR) is 105 cm³/mol. The summed E-state index contributed by atoms with van der Waals surface area (Å²) in [4.78, 5) is 39.0. The summed E-state index contributed by atoms with van der Waals surface area (Å²) in [5.41, 5.74) is 2.68. The van der Waals surface area contributed by atoms with Gasteiger partial charge < -0.3 is 15.0 Å². The van der Waals surface area contributed by atoms with Gasteiger partial charge >= 0.3 is 5.97 Å². The van der Waals surface area contributed by atoms with Gasteiger partial charge in [-0.15, -0.1) is 11.3 Å². The lowest BCUT2D eigenvalue weighted by Crippen LogP contribution is -2.27. The summed E-state index contributed by atoms with van der Waals surface area (Å²) in [7, 11) is 0. The van der Waals surface area contributed by atoms with Crippen LogP contribution in [0.1, 0.15) is 34.1 Å². The lowest BCUT2D eigenvalue weighted by molar-refractivity contribution is -0.122. The SMILES string of the molecule is CCOC(=O)c1sc(NC(=O)C2CC(=O)N(c3ccc(C)cc3)C2)cc1C. The van der Waals surface area contributed by atoms with Crippen molar-refractivity contribution < 1.29 is 19.1 Å². The molecule has 1 aromatic heterocycles. The number of hydrogen-bond donors (Lipinski definition) is 1. The van der Waals surface area contributed by atoms with Gasteiger partial charge in [-0.1, -0.05) is 17.7 Å². The van der Waals surface area contributed by atoms with Crippen molar-refractivity contribution in [1.82, 2.24) is 0 Å². The van der Waals surface area contributed by atoms with Gasteiger partial charge in [-0.25, -0.2) is 4.79 Å². The zero-order chi connectivity index (χ0) is 19.6. The normalized spacial score (nSPS) is 16.5. The van der Waals surface area contributed by atoms with Gasteiger partial charge in [0.25, 0.3) is 0 Å². The van der Waals surface area contributed by atoms with E-state index in [0.29, 0.717) is 23.0 Å². The minimum Gasteiger partial charge on any atom is -0.462 e. The van der Waals surface area contributed by atoms with Crippen molar-refractivity contribution in [2.75, 3.05) is 23.4 Å². The average molecular weight is 386 g/mol. The molecule has 2 aromatic rings. The number of benzene rings is 1. The van der Waals surface area contributed by atoms with E-state index < -0.39 is 5.92 Å². The fourth-order valence-electron chi connectivity index (χ4n) is 3.02. The minimum atomic E-state index is -0.424. The van der Waals surface area contributed by atoms with Crippen LogP contribution in [0.25, 0.3) is 0 Å². The topological polar surface area (TPSA) is 75.7 Å². The van der Waals surface area contributed by atoms with E-state index in [1.807, 2.05) is 31.2 Å². The highest BCUT2D eigenvalue weighted by Crippen LogP contribution is 2.30. The lowest BCUT2D eigenvalue weighted by Gasteiger charge is -2.16. The number of nitrogens with one attached hydrogen (secondary N) is 1. The van der Waals surface area contributed by atoms with Crippen LogP contribution < -0.4 is 10.2 Å². The first-order valence-electron chi connectivity index (χ1n) is 8.84. The Morgan fingerprint density at radius 2 is 1.96 bits per heavy atom. The first-order chi connectivity index (χ1) is 12.9. The van der Waals surface area contributed by atoms with E-state index in [9.17, 15) is 14.4 Å². The number of hydrogen-bond acceptors (Lipinski definition) is 5. The monoisotopic (exact) mass is 386 g/mol. The van der Waals surface area contributed by atoms with Gasteiger partial charge in [-0.2, -0.15) is 0 Å². The Morgan fingerprint density at radius 3 is 2.63 bits per heavy atom. The molecular formula is C20H22N2O4S. The molecule has 1 atom stereocenters. The first-order valence-corrected chi connectivity index (χ1v) is 9.66. The molecule has 6 nitrogen and oxygen atoms in total. The van der Waals surface area contributed by atoms with Crippen LogP contribution in [0, 0.1) is 19.8 Å². The zero-order valence-corrected chi connectivity index (χ0v) is 16.4. The number of rotatable bonds is 5. The van der Waals surface area contributed by atoms with Crippen molar-refractivity contribution in [3.05, 3.63) is 46.3 Å². The van der Waals surface area contributed by atoms with Crippen LogP contribution in [0.3, 0.4) is 0 Å². The highest BCUT2D eigenvalue weighted by atomic mass is 32.1. The maximum Gasteiger partial charge on any atom is 0.348 e. The molecule has 0 saturated carbocycles. The summed E-state index contributed by atoms with van der Waals surface area (Å²) < 4.78 is 5.02. The average Bonchev–Trinajstić information content (AvgIpc) is 3.19. The Balaban J connectivity index is 1.67. The molecule has 0 spiro atoms. The van der Waals surface area contributed by atoms with Crippen molar-refractivity contribution >= 4 is 39.8 Å². The molecule has 1 aromatic carbocycles. The molecule has 1 unspecified atom stereocenters. The molecule has 27 heavy (non-hydrogen) atoms. The minimum absolute atomic E-state index is 0.0615. The number of anilines is 2. The largest absolute Gasteiger partial charge is 0.462 e. The van der Waals surface area contributed by atoms with E-state index in [0.717, 1.165) is 16.8 Å². The van der Waals surface area contributed by atoms with Gasteiger partial charge in [-0.05, 0) is 44.5 Å². The summed E-state index contributed by atoms with van der Waals surface area (Å²) in [6.07, 6.45) is 0.175. The highest BCUT2D eigenvalue weighted by Gasteiger charge is 2.35. The number of aryl methyl sites for hydroxylation is 2. The van der Waals surface area contributed by atoms with Crippen molar-refractivity contribution in [3.63, 3.8) is 0 Å². The molecule has 1 fully saturated rings. The standard InChI is InChI=1S/C20H22N2O4S/c1-4-26-20(25)18-13(3)9-16(27-18)21-19(24)14-10-17(23)22(11-14)15-7-5-12(2)6-8-15/h5-9,14H,4,10-11H2,1-3H3,(H,21,24). The van der Waals surface area contributed by atoms with Crippen LogP contribution in [0.2, 0.25) is 0 Å². The van der Waals surface area contributed by atoms with Crippen LogP contribution in [-0.2, 0) is 14.3 Å². The van der Waals surface area contributed by atoms with Crippen LogP contribution in [0.4, 0.5) is 10.7 Å². The first kappa shape index (κ1) is 19.1. The Labute approximate surface area is 162 Å². The third-order valence-corrected chi connectivity index (χ3v) is 5.60. The maximum absolute atomic E-state index is 12.6. The molecule has 1 saturated heterocycles. The summed E-state index contributed by atoms with van der Waals surface area (Å²) in [6, 6.07) is 9.43. The van der Waals surface area contributed by atoms with Gasteiger partial charge in [-0.3, -0.25) is 9.59 Å².